The molecule has 0 radical (unpaired) electrons. The van der Waals surface area contributed by atoms with E-state index in [0.717, 1.165) is 0 Å². The first-order chi connectivity index (χ1) is 13.7. The van der Waals surface area contributed by atoms with Crippen LogP contribution in [0.15, 0.2) is 35.1 Å². The van der Waals surface area contributed by atoms with E-state index >= 15 is 0 Å². The van der Waals surface area contributed by atoms with Gasteiger partial charge in [-0.2, -0.15) is 10.2 Å². The fraction of sp³-hybridized carbons (Fsp3) is 0.235. The van der Waals surface area contributed by atoms with E-state index in [1.54, 1.807) is 12.3 Å². The fourth-order valence-corrected chi connectivity index (χ4v) is 3.26. The van der Waals surface area contributed by atoms with Crippen LogP contribution in [0.5, 0.6) is 0 Å². The molecule has 9 nitrogen and oxygen atoms in total. The number of nitrogens with one attached hydrogen (secondary N) is 1. The molecule has 0 aliphatic carbocycles. The lowest BCUT2D eigenvalue weighted by Gasteiger charge is -2.06. The second-order valence-corrected chi connectivity index (χ2v) is 7.40. The highest BCUT2D eigenvalue weighted by molar-refractivity contribution is 9.10. The molecule has 12 heteroatoms. The third-order valence-corrected chi connectivity index (χ3v) is 4.98. The van der Waals surface area contributed by atoms with Gasteiger partial charge in [-0.3, -0.25) is 24.3 Å². The van der Waals surface area contributed by atoms with Crippen molar-refractivity contribution in [2.24, 2.45) is 0 Å². The molecule has 0 unspecified atom stereocenters. The van der Waals surface area contributed by atoms with Gasteiger partial charge in [0.05, 0.1) is 15.9 Å². The molecular weight excluding hydrogens is 471 g/mol. The van der Waals surface area contributed by atoms with Crippen molar-refractivity contribution in [3.8, 4) is 0 Å². The van der Waals surface area contributed by atoms with Crippen LogP contribution in [0.4, 0.5) is 15.9 Å². The van der Waals surface area contributed by atoms with Gasteiger partial charge in [-0.15, -0.1) is 0 Å². The lowest BCUT2D eigenvalue weighted by atomic mass is 10.2. The Morgan fingerprint density at radius 3 is 2.76 bits per heavy atom. The van der Waals surface area contributed by atoms with Crippen LogP contribution in [0.2, 0.25) is 5.02 Å². The summed E-state index contributed by atoms with van der Waals surface area (Å²) in [5.74, 6) is -0.529. The summed E-state index contributed by atoms with van der Waals surface area (Å²) in [7, 11) is 0. The summed E-state index contributed by atoms with van der Waals surface area (Å²) < 4.78 is 17.3. The predicted molar refractivity (Wildman–Crippen MR) is 107 cm³/mol. The number of anilines is 1. The molecule has 29 heavy (non-hydrogen) atoms. The number of halogens is 3. The maximum absolute atomic E-state index is 13.9. The Kier molecular flexibility index (Phi) is 6.28. The van der Waals surface area contributed by atoms with Crippen LogP contribution >= 0.6 is 27.5 Å². The lowest BCUT2D eigenvalue weighted by molar-refractivity contribution is -0.385. The van der Waals surface area contributed by atoms with Gasteiger partial charge in [0.2, 0.25) is 5.91 Å². The minimum Gasteiger partial charge on any atom is -0.308 e. The summed E-state index contributed by atoms with van der Waals surface area (Å²) in [6.07, 6.45) is 2.92. The van der Waals surface area contributed by atoms with Gasteiger partial charge in [0.15, 0.2) is 5.82 Å². The molecule has 0 atom stereocenters. The molecule has 1 N–H and O–H groups in total. The number of aromatic nitrogens is 4. The average molecular weight is 486 g/mol. The Bertz CT molecular complexity index is 1060. The molecule has 0 saturated carbocycles. The van der Waals surface area contributed by atoms with Gasteiger partial charge in [-0.1, -0.05) is 17.7 Å². The number of nitrogens with zero attached hydrogens (tertiary/aromatic N) is 5. The van der Waals surface area contributed by atoms with E-state index in [2.05, 4.69) is 31.4 Å². The molecule has 0 bridgehead atoms. The van der Waals surface area contributed by atoms with Crippen molar-refractivity contribution in [3.63, 3.8) is 0 Å². The molecule has 0 spiro atoms. The van der Waals surface area contributed by atoms with Gasteiger partial charge in [-0.05, 0) is 35.0 Å². The van der Waals surface area contributed by atoms with Crippen LogP contribution in [0.1, 0.15) is 17.7 Å². The number of nitro groups is 1. The van der Waals surface area contributed by atoms with E-state index in [0.29, 0.717) is 4.47 Å². The third-order valence-electron chi connectivity index (χ3n) is 4.04. The Hall–Kier alpha value is -2.79. The van der Waals surface area contributed by atoms with Gasteiger partial charge < -0.3 is 5.32 Å². The Morgan fingerprint density at radius 2 is 2.10 bits per heavy atom. The first-order valence-corrected chi connectivity index (χ1v) is 9.56. The zero-order valence-corrected chi connectivity index (χ0v) is 17.4. The number of hydrogen-bond donors (Lipinski definition) is 1. The van der Waals surface area contributed by atoms with E-state index in [4.69, 9.17) is 11.6 Å². The minimum absolute atomic E-state index is 0.0384. The van der Waals surface area contributed by atoms with Crippen molar-refractivity contribution < 1.29 is 14.1 Å². The summed E-state index contributed by atoms with van der Waals surface area (Å²) >= 11 is 9.33. The fourth-order valence-electron chi connectivity index (χ4n) is 2.62. The van der Waals surface area contributed by atoms with E-state index < -0.39 is 10.7 Å². The van der Waals surface area contributed by atoms with Gasteiger partial charge in [0, 0.05) is 29.7 Å². The number of amides is 1. The van der Waals surface area contributed by atoms with Crippen molar-refractivity contribution in [2.45, 2.75) is 26.4 Å². The summed E-state index contributed by atoms with van der Waals surface area (Å²) in [4.78, 5) is 22.5. The van der Waals surface area contributed by atoms with E-state index in [9.17, 15) is 19.3 Å². The van der Waals surface area contributed by atoms with Crippen LogP contribution in [0.3, 0.4) is 0 Å². The van der Waals surface area contributed by atoms with Gasteiger partial charge in [-0.25, -0.2) is 4.39 Å². The number of hydrogen-bond acceptors (Lipinski definition) is 5. The first kappa shape index (κ1) is 20.9. The molecule has 0 saturated heterocycles. The number of carbonyl (C=O) groups excluding carboxylic acids is 1. The molecule has 0 aliphatic heterocycles. The summed E-state index contributed by atoms with van der Waals surface area (Å²) in [6.45, 7) is 1.79. The monoisotopic (exact) mass is 484 g/mol. The van der Waals surface area contributed by atoms with Crippen molar-refractivity contribution in [1.29, 1.82) is 0 Å². The van der Waals surface area contributed by atoms with E-state index in [1.165, 1.54) is 34.6 Å². The Labute approximate surface area is 177 Å². The molecule has 1 aromatic carbocycles. The summed E-state index contributed by atoms with van der Waals surface area (Å²) in [5, 5.41) is 22.0. The summed E-state index contributed by atoms with van der Waals surface area (Å²) in [6, 6.07) is 4.41. The maximum atomic E-state index is 13.9. The quantitative estimate of drug-likeness (QED) is 0.403. The minimum atomic E-state index is -0.523. The SMILES string of the molecule is Cc1nn(CCC(=O)Nc2nn(Cc3c(F)cccc3Cl)cc2Br)cc1[N+](=O)[O-]. The van der Waals surface area contributed by atoms with E-state index in [-0.39, 0.29) is 53.2 Å². The zero-order chi connectivity index (χ0) is 21.1. The highest BCUT2D eigenvalue weighted by Crippen LogP contribution is 2.24. The largest absolute Gasteiger partial charge is 0.309 e. The molecule has 3 aromatic rings. The number of carbonyl (C=O) groups is 1. The molecule has 152 valence electrons. The highest BCUT2D eigenvalue weighted by Gasteiger charge is 2.17. The molecular formula is C17H15BrClFN6O3. The molecule has 3 rings (SSSR count). The number of rotatable bonds is 7. The van der Waals surface area contributed by atoms with Crippen molar-refractivity contribution in [2.75, 3.05) is 5.32 Å². The second kappa shape index (κ2) is 8.70. The van der Waals surface area contributed by atoms with E-state index in [1.807, 2.05) is 0 Å². The first-order valence-electron chi connectivity index (χ1n) is 8.38. The zero-order valence-electron chi connectivity index (χ0n) is 15.1. The number of aryl methyl sites for hydroxylation is 2. The normalized spacial score (nSPS) is 10.9. The Morgan fingerprint density at radius 1 is 1.34 bits per heavy atom. The maximum Gasteiger partial charge on any atom is 0.309 e. The molecule has 0 aliphatic rings. The average Bonchev–Trinajstić information content (AvgIpc) is 3.19. The topological polar surface area (TPSA) is 108 Å². The lowest BCUT2D eigenvalue weighted by Crippen LogP contribution is -2.15. The van der Waals surface area contributed by atoms with Crippen molar-refractivity contribution >= 4 is 44.9 Å². The molecule has 1 amide bonds. The van der Waals surface area contributed by atoms with Crippen LogP contribution in [-0.4, -0.2) is 30.4 Å². The van der Waals surface area contributed by atoms with Crippen molar-refractivity contribution in [1.82, 2.24) is 19.6 Å². The third kappa shape index (κ3) is 4.98. The van der Waals surface area contributed by atoms with Crippen LogP contribution in [0, 0.1) is 22.9 Å². The Balaban J connectivity index is 1.62. The molecule has 2 heterocycles. The molecule has 0 fully saturated rings. The summed E-state index contributed by atoms with van der Waals surface area (Å²) in [5.41, 5.74) is 0.472. The van der Waals surface area contributed by atoms with Gasteiger partial charge in [0.1, 0.15) is 17.7 Å². The van der Waals surface area contributed by atoms with Crippen LogP contribution < -0.4 is 5.32 Å². The van der Waals surface area contributed by atoms with Crippen LogP contribution in [-0.2, 0) is 17.9 Å². The van der Waals surface area contributed by atoms with Crippen molar-refractivity contribution in [3.05, 3.63) is 67.3 Å². The highest BCUT2D eigenvalue weighted by atomic mass is 79.9. The van der Waals surface area contributed by atoms with Gasteiger partial charge in [0.25, 0.3) is 0 Å². The smallest absolute Gasteiger partial charge is 0.308 e. The van der Waals surface area contributed by atoms with Gasteiger partial charge >= 0.3 is 5.69 Å². The number of benzene rings is 1. The standard InChI is InChI=1S/C17H15BrClFN6O3/c1-10-15(26(28)29)9-24(22-10)6-5-16(27)21-17-12(18)8-25(23-17)7-11-13(19)3-2-4-14(11)20/h2-4,8-9H,5-7H2,1H3,(H,21,23,27). The predicted octanol–water partition coefficient (Wildman–Crippen LogP) is 3.93. The van der Waals surface area contributed by atoms with Crippen LogP contribution in [0.25, 0.3) is 0 Å². The second-order valence-electron chi connectivity index (χ2n) is 6.14. The molecule has 2 aromatic heterocycles.